The van der Waals surface area contributed by atoms with Crippen molar-refractivity contribution in [2.24, 2.45) is 0 Å². The van der Waals surface area contributed by atoms with Crippen LogP contribution in [0.2, 0.25) is 0 Å². The van der Waals surface area contributed by atoms with Crippen LogP contribution in [0.5, 0.6) is 17.2 Å². The highest BCUT2D eigenvalue weighted by Gasteiger charge is 2.28. The molecule has 1 amide bonds. The van der Waals surface area contributed by atoms with Gasteiger partial charge in [-0.25, -0.2) is 0 Å². The fourth-order valence-electron chi connectivity index (χ4n) is 4.06. The maximum Gasteiger partial charge on any atom is 0.254 e. The molecule has 1 fully saturated rings. The van der Waals surface area contributed by atoms with Crippen molar-refractivity contribution in [3.8, 4) is 17.2 Å². The highest BCUT2D eigenvalue weighted by atomic mass is 16.5. The number of fused-ring (bicyclic) bond motifs is 1. The van der Waals surface area contributed by atoms with Gasteiger partial charge in [0, 0.05) is 35.3 Å². The maximum absolute atomic E-state index is 13.1. The quantitative estimate of drug-likeness (QED) is 0.638. The number of carbonyl (C=O) groups is 1. The second-order valence-corrected chi connectivity index (χ2v) is 7.17. The average Bonchev–Trinajstić information content (AvgIpc) is 3.21. The van der Waals surface area contributed by atoms with Gasteiger partial charge < -0.3 is 23.5 Å². The van der Waals surface area contributed by atoms with E-state index in [1.54, 1.807) is 33.5 Å². The second-order valence-electron chi connectivity index (χ2n) is 7.17. The SMILES string of the molecule is COc1cc(C(=O)N2CCC(c3occ4ccccc34)CC2)cc(OC)c1OC. The Morgan fingerprint density at radius 2 is 1.66 bits per heavy atom. The number of benzene rings is 2. The number of carbonyl (C=O) groups excluding carboxylic acids is 1. The number of nitrogens with zero attached hydrogens (tertiary/aromatic N) is 1. The van der Waals surface area contributed by atoms with Crippen molar-refractivity contribution in [1.82, 2.24) is 4.90 Å². The molecular formula is C23H25NO5. The lowest BCUT2D eigenvalue weighted by Gasteiger charge is -2.31. The molecule has 0 spiro atoms. The van der Waals surface area contributed by atoms with Gasteiger partial charge in [-0.05, 0) is 25.0 Å². The molecule has 152 valence electrons. The molecule has 1 saturated heterocycles. The third-order valence-corrected chi connectivity index (χ3v) is 5.60. The zero-order chi connectivity index (χ0) is 20.4. The van der Waals surface area contributed by atoms with E-state index in [9.17, 15) is 4.79 Å². The van der Waals surface area contributed by atoms with Gasteiger partial charge in [0.1, 0.15) is 5.76 Å². The average molecular weight is 395 g/mol. The molecule has 1 aromatic heterocycles. The van der Waals surface area contributed by atoms with E-state index in [4.69, 9.17) is 18.6 Å². The highest BCUT2D eigenvalue weighted by molar-refractivity contribution is 5.95. The smallest absolute Gasteiger partial charge is 0.254 e. The van der Waals surface area contributed by atoms with E-state index in [1.165, 1.54) is 5.39 Å². The van der Waals surface area contributed by atoms with E-state index in [0.717, 1.165) is 24.0 Å². The van der Waals surface area contributed by atoms with Gasteiger partial charge in [0.15, 0.2) is 11.5 Å². The van der Waals surface area contributed by atoms with E-state index in [0.29, 0.717) is 41.8 Å². The Morgan fingerprint density at radius 3 is 2.28 bits per heavy atom. The van der Waals surface area contributed by atoms with Crippen molar-refractivity contribution in [3.63, 3.8) is 0 Å². The number of furan rings is 1. The largest absolute Gasteiger partial charge is 0.493 e. The minimum Gasteiger partial charge on any atom is -0.493 e. The summed E-state index contributed by atoms with van der Waals surface area (Å²) in [5.41, 5.74) is 0.529. The molecule has 0 saturated carbocycles. The molecule has 0 unspecified atom stereocenters. The lowest BCUT2D eigenvalue weighted by Crippen LogP contribution is -2.37. The molecule has 3 aromatic rings. The zero-order valence-corrected chi connectivity index (χ0v) is 16.9. The summed E-state index contributed by atoms with van der Waals surface area (Å²) in [6, 6.07) is 11.6. The Balaban J connectivity index is 1.51. The lowest BCUT2D eigenvalue weighted by molar-refractivity contribution is 0.0707. The predicted molar refractivity (Wildman–Crippen MR) is 110 cm³/mol. The number of hydrogen-bond donors (Lipinski definition) is 0. The van der Waals surface area contributed by atoms with Gasteiger partial charge in [-0.15, -0.1) is 0 Å². The van der Waals surface area contributed by atoms with Crippen LogP contribution in [0.15, 0.2) is 47.1 Å². The Kier molecular flexibility index (Phi) is 5.34. The van der Waals surface area contributed by atoms with Crippen LogP contribution in [0, 0.1) is 0 Å². The molecule has 2 heterocycles. The molecule has 0 radical (unpaired) electrons. The van der Waals surface area contributed by atoms with E-state index >= 15 is 0 Å². The van der Waals surface area contributed by atoms with Crippen molar-refractivity contribution in [3.05, 3.63) is 54.0 Å². The first-order valence-electron chi connectivity index (χ1n) is 9.71. The molecule has 2 aromatic carbocycles. The van der Waals surface area contributed by atoms with Crippen LogP contribution in [0.1, 0.15) is 34.9 Å². The number of piperidine rings is 1. The van der Waals surface area contributed by atoms with E-state index < -0.39 is 0 Å². The summed E-state index contributed by atoms with van der Waals surface area (Å²) in [5, 5.41) is 2.29. The minimum absolute atomic E-state index is 0.0352. The first-order valence-corrected chi connectivity index (χ1v) is 9.71. The summed E-state index contributed by atoms with van der Waals surface area (Å²) in [6.07, 6.45) is 3.56. The van der Waals surface area contributed by atoms with E-state index in [2.05, 4.69) is 12.1 Å². The molecule has 0 N–H and O–H groups in total. The standard InChI is InChI=1S/C23H25NO5/c1-26-19-12-17(13-20(27-2)22(19)28-3)23(25)24-10-8-15(9-11-24)21-18-7-5-4-6-16(18)14-29-21/h4-7,12-15H,8-11H2,1-3H3. The summed E-state index contributed by atoms with van der Waals surface area (Å²) in [4.78, 5) is 15.0. The Labute approximate surface area is 170 Å². The van der Waals surface area contributed by atoms with Gasteiger partial charge in [-0.1, -0.05) is 24.3 Å². The highest BCUT2D eigenvalue weighted by Crippen LogP contribution is 2.39. The van der Waals surface area contributed by atoms with Crippen molar-refractivity contribution >= 4 is 16.7 Å². The Bertz CT molecular complexity index is 992. The molecule has 6 heteroatoms. The molecule has 0 atom stereocenters. The zero-order valence-electron chi connectivity index (χ0n) is 16.9. The van der Waals surface area contributed by atoms with Gasteiger partial charge in [-0.2, -0.15) is 0 Å². The van der Waals surface area contributed by atoms with Gasteiger partial charge in [-0.3, -0.25) is 4.79 Å². The predicted octanol–water partition coefficient (Wildman–Crippen LogP) is 4.48. The molecule has 4 rings (SSSR count). The molecule has 1 aliphatic rings. The summed E-state index contributed by atoms with van der Waals surface area (Å²) in [7, 11) is 4.64. The van der Waals surface area contributed by atoms with Crippen molar-refractivity contribution in [2.45, 2.75) is 18.8 Å². The van der Waals surface area contributed by atoms with Crippen molar-refractivity contribution in [1.29, 1.82) is 0 Å². The third-order valence-electron chi connectivity index (χ3n) is 5.60. The molecule has 0 bridgehead atoms. The summed E-state index contributed by atoms with van der Waals surface area (Å²) >= 11 is 0. The normalized spacial score (nSPS) is 14.8. The lowest BCUT2D eigenvalue weighted by atomic mass is 9.92. The van der Waals surface area contributed by atoms with Gasteiger partial charge >= 0.3 is 0 Å². The first-order chi connectivity index (χ1) is 14.2. The summed E-state index contributed by atoms with van der Waals surface area (Å²) in [6.45, 7) is 1.35. The molecular weight excluding hydrogens is 370 g/mol. The molecule has 6 nitrogen and oxygen atoms in total. The van der Waals surface area contributed by atoms with Crippen LogP contribution in [-0.4, -0.2) is 45.2 Å². The fraction of sp³-hybridized carbons (Fsp3) is 0.348. The summed E-state index contributed by atoms with van der Waals surface area (Å²) in [5.74, 6) is 2.75. The molecule has 0 aliphatic carbocycles. The van der Waals surface area contributed by atoms with Gasteiger partial charge in [0.2, 0.25) is 5.75 Å². The maximum atomic E-state index is 13.1. The monoisotopic (exact) mass is 395 g/mol. The Morgan fingerprint density at radius 1 is 1.00 bits per heavy atom. The van der Waals surface area contributed by atoms with Gasteiger partial charge in [0.05, 0.1) is 27.6 Å². The summed E-state index contributed by atoms with van der Waals surface area (Å²) < 4.78 is 22.0. The number of ether oxygens (including phenoxy) is 3. The van der Waals surface area contributed by atoms with Crippen molar-refractivity contribution in [2.75, 3.05) is 34.4 Å². The topological polar surface area (TPSA) is 61.1 Å². The number of amides is 1. The second kappa shape index (κ2) is 8.07. The van der Waals surface area contributed by atoms with Crippen LogP contribution in [-0.2, 0) is 0 Å². The fourth-order valence-corrected chi connectivity index (χ4v) is 4.06. The number of rotatable bonds is 5. The molecule has 29 heavy (non-hydrogen) atoms. The van der Waals surface area contributed by atoms with Crippen LogP contribution in [0.25, 0.3) is 10.8 Å². The van der Waals surface area contributed by atoms with Crippen molar-refractivity contribution < 1.29 is 23.4 Å². The van der Waals surface area contributed by atoms with E-state index in [1.807, 2.05) is 23.3 Å². The first kappa shape index (κ1) is 19.2. The van der Waals surface area contributed by atoms with Crippen LogP contribution >= 0.6 is 0 Å². The minimum atomic E-state index is -0.0352. The van der Waals surface area contributed by atoms with Crippen LogP contribution in [0.3, 0.4) is 0 Å². The van der Waals surface area contributed by atoms with Crippen LogP contribution < -0.4 is 14.2 Å². The van der Waals surface area contributed by atoms with Crippen LogP contribution in [0.4, 0.5) is 0 Å². The molecule has 1 aliphatic heterocycles. The van der Waals surface area contributed by atoms with Gasteiger partial charge in [0.25, 0.3) is 5.91 Å². The third kappa shape index (κ3) is 3.50. The number of hydrogen-bond acceptors (Lipinski definition) is 5. The van der Waals surface area contributed by atoms with E-state index in [-0.39, 0.29) is 5.91 Å². The Hall–Kier alpha value is -3.15. The number of methoxy groups -OCH3 is 3. The number of likely N-dealkylation sites (tertiary alicyclic amines) is 1.